The van der Waals surface area contributed by atoms with Crippen LogP contribution in [0, 0.1) is 11.8 Å². The summed E-state index contributed by atoms with van der Waals surface area (Å²) in [7, 11) is -3.35. The van der Waals surface area contributed by atoms with Gasteiger partial charge >= 0.3 is 0 Å². The van der Waals surface area contributed by atoms with Crippen LogP contribution in [-0.2, 0) is 10.0 Å². The summed E-state index contributed by atoms with van der Waals surface area (Å²) in [6.45, 7) is 1.50. The summed E-state index contributed by atoms with van der Waals surface area (Å²) in [5.74, 6) is 1.09. The first-order valence-electron chi connectivity index (χ1n) is 14.1. The third-order valence-electron chi connectivity index (χ3n) is 8.56. The summed E-state index contributed by atoms with van der Waals surface area (Å²) in [5.41, 5.74) is 8.81. The van der Waals surface area contributed by atoms with Gasteiger partial charge in [-0.2, -0.15) is 0 Å². The van der Waals surface area contributed by atoms with E-state index < -0.39 is 15.9 Å². The van der Waals surface area contributed by atoms with E-state index in [1.54, 1.807) is 34.8 Å². The Morgan fingerprint density at radius 1 is 1.02 bits per heavy atom. The maximum atomic E-state index is 13.4. The van der Waals surface area contributed by atoms with E-state index >= 15 is 0 Å². The van der Waals surface area contributed by atoms with Crippen LogP contribution in [0.25, 0.3) is 21.9 Å². The molecular weight excluding hydrogens is 526 g/mol. The lowest BCUT2D eigenvalue weighted by Crippen LogP contribution is -2.43. The highest BCUT2D eigenvalue weighted by Crippen LogP contribution is 2.40. The molecule has 0 bridgehead atoms. The first-order chi connectivity index (χ1) is 19.4. The molecule has 1 atom stereocenters. The van der Waals surface area contributed by atoms with Crippen molar-refractivity contribution >= 4 is 37.9 Å². The Morgan fingerprint density at radius 2 is 1.82 bits per heavy atom. The third kappa shape index (κ3) is 5.55. The number of carbonyl (C=O) groups is 1. The number of nitrogens with one attached hydrogen (secondary N) is 1. The van der Waals surface area contributed by atoms with E-state index in [0.717, 1.165) is 55.1 Å². The van der Waals surface area contributed by atoms with Gasteiger partial charge in [0.25, 0.3) is 0 Å². The molecule has 1 saturated heterocycles. The Bertz CT molecular complexity index is 1610. The molecule has 4 aromatic rings. The number of fused-ring (bicyclic) bond motifs is 3. The number of amides is 1. The second-order valence-electron chi connectivity index (χ2n) is 11.2. The minimum absolute atomic E-state index is 0.134. The van der Waals surface area contributed by atoms with E-state index in [-0.39, 0.29) is 17.6 Å². The molecule has 1 unspecified atom stereocenters. The van der Waals surface area contributed by atoms with Gasteiger partial charge in [0.2, 0.25) is 15.9 Å². The van der Waals surface area contributed by atoms with E-state index in [4.69, 9.17) is 10.5 Å². The molecule has 0 spiro atoms. The standard InChI is InChI=1S/C30H35N5O4S/c31-29(36)23-7-9-24(10-8-23)39-18-21-2-1-15-35(17-21)40(37,38)19-20-3-5-22(6-4-20)25-11-13-32-27-16-34-30-26(28(25)27)12-14-33-30/h7-14,16,20-22,32H,1-6,15,17-19H2,(H2,31,36). The molecule has 1 amide bonds. The number of H-pyrrole nitrogens is 1. The lowest BCUT2D eigenvalue weighted by atomic mass is 9.78. The number of hydrogen-bond acceptors (Lipinski definition) is 6. The minimum Gasteiger partial charge on any atom is -0.493 e. The predicted molar refractivity (Wildman–Crippen MR) is 155 cm³/mol. The molecule has 210 valence electrons. The van der Waals surface area contributed by atoms with Crippen molar-refractivity contribution < 1.29 is 17.9 Å². The molecule has 9 nitrogen and oxygen atoms in total. The Hall–Kier alpha value is -3.50. The molecule has 6 rings (SSSR count). The van der Waals surface area contributed by atoms with Crippen LogP contribution in [0.4, 0.5) is 0 Å². The van der Waals surface area contributed by atoms with Crippen molar-refractivity contribution in [3.63, 3.8) is 0 Å². The molecule has 3 aromatic heterocycles. The van der Waals surface area contributed by atoms with Crippen LogP contribution < -0.4 is 10.5 Å². The summed E-state index contributed by atoms with van der Waals surface area (Å²) in [6.07, 6.45) is 11.1. The normalized spacial score (nSPS) is 22.4. The number of hydrogen-bond donors (Lipinski definition) is 2. The van der Waals surface area contributed by atoms with Gasteiger partial charge in [0.15, 0.2) is 5.65 Å². The van der Waals surface area contributed by atoms with Gasteiger partial charge in [0.1, 0.15) is 5.75 Å². The highest BCUT2D eigenvalue weighted by molar-refractivity contribution is 7.89. The number of piperidine rings is 1. The van der Waals surface area contributed by atoms with Gasteiger partial charge in [0, 0.05) is 47.7 Å². The average molecular weight is 562 g/mol. The SMILES string of the molecule is NC(=O)c1ccc(OCC2CCCN(S(=O)(=O)CC3CCC(c4cc[nH]c5cnc6nccc6c45)CC3)C2)cc1. The fraction of sp³-hybridized carbons (Fsp3) is 0.433. The zero-order valence-corrected chi connectivity index (χ0v) is 23.3. The number of pyridine rings is 2. The zero-order valence-electron chi connectivity index (χ0n) is 22.5. The highest BCUT2D eigenvalue weighted by Gasteiger charge is 2.33. The number of carbonyl (C=O) groups excluding carboxylic acids is 1. The summed E-state index contributed by atoms with van der Waals surface area (Å²) < 4.78 is 34.5. The van der Waals surface area contributed by atoms with Crippen molar-refractivity contribution in [2.75, 3.05) is 25.4 Å². The van der Waals surface area contributed by atoms with E-state index in [9.17, 15) is 13.2 Å². The number of ether oxygens (including phenoxy) is 1. The zero-order chi connectivity index (χ0) is 27.7. The maximum Gasteiger partial charge on any atom is 0.248 e. The molecule has 3 N–H and O–H groups in total. The largest absolute Gasteiger partial charge is 0.493 e. The topological polar surface area (TPSA) is 131 Å². The van der Waals surface area contributed by atoms with Crippen molar-refractivity contribution in [1.82, 2.24) is 19.3 Å². The van der Waals surface area contributed by atoms with E-state index in [2.05, 4.69) is 21.0 Å². The number of nitrogens with zero attached hydrogens (tertiary/aromatic N) is 3. The van der Waals surface area contributed by atoms with Crippen LogP contribution >= 0.6 is 0 Å². The van der Waals surface area contributed by atoms with Gasteiger partial charge in [-0.1, -0.05) is 0 Å². The molecule has 1 aliphatic heterocycles. The highest BCUT2D eigenvalue weighted by atomic mass is 32.2. The molecule has 4 heterocycles. The second kappa shape index (κ2) is 11.2. The molecule has 1 aromatic carbocycles. The van der Waals surface area contributed by atoms with Crippen LogP contribution in [0.1, 0.15) is 60.4 Å². The smallest absolute Gasteiger partial charge is 0.248 e. The van der Waals surface area contributed by atoms with Crippen molar-refractivity contribution in [2.45, 2.75) is 44.4 Å². The Morgan fingerprint density at radius 3 is 2.60 bits per heavy atom. The van der Waals surface area contributed by atoms with Crippen LogP contribution in [0.15, 0.2) is 55.0 Å². The Labute approximate surface area is 234 Å². The summed E-state index contributed by atoms with van der Waals surface area (Å²) in [6, 6.07) is 10.9. The van der Waals surface area contributed by atoms with Crippen LogP contribution in [0.3, 0.4) is 0 Å². The van der Waals surface area contributed by atoms with E-state index in [0.29, 0.717) is 36.9 Å². The summed E-state index contributed by atoms with van der Waals surface area (Å²) >= 11 is 0. The molecule has 0 radical (unpaired) electrons. The van der Waals surface area contributed by atoms with Gasteiger partial charge in [-0.05, 0) is 92.3 Å². The molecule has 1 saturated carbocycles. The number of benzene rings is 1. The van der Waals surface area contributed by atoms with Gasteiger partial charge in [-0.25, -0.2) is 22.7 Å². The number of aromatic nitrogens is 3. The van der Waals surface area contributed by atoms with Crippen molar-refractivity contribution in [2.24, 2.45) is 17.6 Å². The van der Waals surface area contributed by atoms with E-state index in [1.807, 2.05) is 18.5 Å². The molecule has 2 aliphatic rings. The van der Waals surface area contributed by atoms with Gasteiger partial charge < -0.3 is 15.5 Å². The third-order valence-corrected chi connectivity index (χ3v) is 10.6. The first-order valence-corrected chi connectivity index (χ1v) is 15.7. The lowest BCUT2D eigenvalue weighted by molar-refractivity contribution is 0.1000. The fourth-order valence-corrected chi connectivity index (χ4v) is 8.40. The molecule has 40 heavy (non-hydrogen) atoms. The number of nitrogens with two attached hydrogens (primary N) is 1. The minimum atomic E-state index is -3.35. The van der Waals surface area contributed by atoms with Gasteiger partial charge in [-0.15, -0.1) is 0 Å². The number of rotatable bonds is 8. The maximum absolute atomic E-state index is 13.4. The van der Waals surface area contributed by atoms with Crippen LogP contribution in [0.2, 0.25) is 0 Å². The Kier molecular flexibility index (Phi) is 7.46. The lowest BCUT2D eigenvalue weighted by Gasteiger charge is -2.34. The van der Waals surface area contributed by atoms with E-state index in [1.165, 1.54) is 10.9 Å². The number of primary amides is 1. The summed E-state index contributed by atoms with van der Waals surface area (Å²) in [4.78, 5) is 23.4. The predicted octanol–water partition coefficient (Wildman–Crippen LogP) is 4.60. The fourth-order valence-electron chi connectivity index (χ4n) is 6.41. The van der Waals surface area contributed by atoms with Gasteiger partial charge in [0.05, 0.1) is 24.1 Å². The van der Waals surface area contributed by atoms with Gasteiger partial charge in [-0.3, -0.25) is 4.79 Å². The second-order valence-corrected chi connectivity index (χ2v) is 13.2. The number of sulfonamides is 1. The Balaban J connectivity index is 1.05. The van der Waals surface area contributed by atoms with Crippen LogP contribution in [-0.4, -0.2) is 59.0 Å². The average Bonchev–Trinajstić information content (AvgIpc) is 3.46. The first kappa shape index (κ1) is 26.7. The molecule has 10 heteroatoms. The van der Waals surface area contributed by atoms with Crippen LogP contribution in [0.5, 0.6) is 5.75 Å². The quantitative estimate of drug-likeness (QED) is 0.323. The van der Waals surface area contributed by atoms with Crippen molar-refractivity contribution in [3.8, 4) is 5.75 Å². The molecule has 1 aliphatic carbocycles. The summed E-state index contributed by atoms with van der Waals surface area (Å²) in [5, 5.41) is 2.26. The van der Waals surface area contributed by atoms with Crippen molar-refractivity contribution in [3.05, 3.63) is 66.1 Å². The van der Waals surface area contributed by atoms with Crippen molar-refractivity contribution in [1.29, 1.82) is 0 Å². The monoisotopic (exact) mass is 561 g/mol. The molecule has 2 fully saturated rings. The number of aromatic amines is 1. The molecular formula is C30H35N5O4S.